The van der Waals surface area contributed by atoms with Gasteiger partial charge in [0, 0.05) is 13.0 Å². The van der Waals surface area contributed by atoms with Gasteiger partial charge in [0.1, 0.15) is 30.5 Å². The maximum Gasteiger partial charge on any atom is 0.306 e. The lowest BCUT2D eigenvalue weighted by molar-refractivity contribution is -0.305. The Bertz CT molecular complexity index is 767. The van der Waals surface area contributed by atoms with E-state index in [2.05, 4.69) is 13.8 Å². The molecule has 9 heteroatoms. The summed E-state index contributed by atoms with van der Waals surface area (Å²) in [5, 5.41) is 40.0. The van der Waals surface area contributed by atoms with Crippen molar-refractivity contribution in [3.8, 4) is 0 Å². The molecule has 1 aliphatic heterocycles. The van der Waals surface area contributed by atoms with Gasteiger partial charge in [-0.15, -0.1) is 0 Å². The molecular formula is C43H84O9. The van der Waals surface area contributed by atoms with Crippen LogP contribution in [-0.2, 0) is 23.7 Å². The molecule has 0 spiro atoms. The monoisotopic (exact) mass is 745 g/mol. The number of aliphatic hydroxyl groups is 4. The van der Waals surface area contributed by atoms with E-state index in [1.54, 1.807) is 0 Å². The van der Waals surface area contributed by atoms with Crippen LogP contribution in [0.1, 0.15) is 206 Å². The zero-order valence-electron chi connectivity index (χ0n) is 33.8. The van der Waals surface area contributed by atoms with E-state index in [9.17, 15) is 25.2 Å². The lowest BCUT2D eigenvalue weighted by atomic mass is 9.99. The molecule has 1 rings (SSSR count). The van der Waals surface area contributed by atoms with Gasteiger partial charge in [-0.2, -0.15) is 0 Å². The summed E-state index contributed by atoms with van der Waals surface area (Å²) in [6, 6.07) is 0. The second-order valence-electron chi connectivity index (χ2n) is 15.5. The van der Waals surface area contributed by atoms with E-state index in [0.717, 1.165) is 32.1 Å². The molecule has 0 aromatic rings. The summed E-state index contributed by atoms with van der Waals surface area (Å²) >= 11 is 0. The first-order valence-corrected chi connectivity index (χ1v) is 22.1. The maximum absolute atomic E-state index is 12.7. The van der Waals surface area contributed by atoms with Crippen molar-refractivity contribution in [2.45, 2.75) is 243 Å². The predicted octanol–water partition coefficient (Wildman–Crippen LogP) is 9.47. The topological polar surface area (TPSA) is 135 Å². The van der Waals surface area contributed by atoms with Crippen molar-refractivity contribution in [2.24, 2.45) is 0 Å². The minimum Gasteiger partial charge on any atom is -0.457 e. The number of hydrogen-bond acceptors (Lipinski definition) is 9. The summed E-state index contributed by atoms with van der Waals surface area (Å²) in [5.74, 6) is -0.308. The van der Waals surface area contributed by atoms with Gasteiger partial charge in [0.05, 0.1) is 19.8 Å². The van der Waals surface area contributed by atoms with Crippen LogP contribution >= 0.6 is 0 Å². The Morgan fingerprint density at radius 2 is 0.942 bits per heavy atom. The van der Waals surface area contributed by atoms with Crippen LogP contribution in [0.5, 0.6) is 0 Å². The Morgan fingerprint density at radius 3 is 1.37 bits per heavy atom. The fraction of sp³-hybridized carbons (Fsp3) is 0.977. The van der Waals surface area contributed by atoms with Crippen molar-refractivity contribution in [1.82, 2.24) is 0 Å². The summed E-state index contributed by atoms with van der Waals surface area (Å²) in [4.78, 5) is 12.7. The highest BCUT2D eigenvalue weighted by atomic mass is 16.7. The maximum atomic E-state index is 12.7. The van der Waals surface area contributed by atoms with E-state index in [0.29, 0.717) is 13.0 Å². The Labute approximate surface area is 319 Å². The summed E-state index contributed by atoms with van der Waals surface area (Å²) in [6.07, 6.45) is 29.8. The molecule has 6 atom stereocenters. The van der Waals surface area contributed by atoms with Crippen molar-refractivity contribution in [3.63, 3.8) is 0 Å². The summed E-state index contributed by atoms with van der Waals surface area (Å²) in [7, 11) is 0. The molecule has 0 aromatic heterocycles. The van der Waals surface area contributed by atoms with E-state index in [4.69, 9.17) is 18.9 Å². The van der Waals surface area contributed by atoms with Crippen molar-refractivity contribution in [2.75, 3.05) is 26.4 Å². The van der Waals surface area contributed by atoms with Gasteiger partial charge in [0.15, 0.2) is 6.29 Å². The fourth-order valence-electron chi connectivity index (χ4n) is 7.02. The molecule has 310 valence electrons. The number of rotatable bonds is 38. The molecule has 0 amide bonds. The van der Waals surface area contributed by atoms with Gasteiger partial charge in [0.2, 0.25) is 0 Å². The number of unbranched alkanes of at least 4 members (excludes halogenated alkanes) is 27. The standard InChI is InChI=1S/C43H84O9/c1-3-5-7-9-11-13-15-16-17-18-19-20-21-22-24-26-28-30-32-39(45)51-37(36-50-43-42(48)41(47)40(46)38(34-44)52-43)35-49-33-31-29-27-25-23-14-12-10-8-6-4-2/h37-38,40-44,46-48H,3-36H2,1-2H3. The van der Waals surface area contributed by atoms with Crippen LogP contribution in [0.3, 0.4) is 0 Å². The minimum atomic E-state index is -1.53. The van der Waals surface area contributed by atoms with Crippen molar-refractivity contribution in [3.05, 3.63) is 0 Å². The van der Waals surface area contributed by atoms with Crippen LogP contribution in [0.2, 0.25) is 0 Å². The number of ether oxygens (including phenoxy) is 4. The number of carbonyl (C=O) groups is 1. The van der Waals surface area contributed by atoms with Gasteiger partial charge in [-0.25, -0.2) is 0 Å². The Hall–Kier alpha value is -0.810. The van der Waals surface area contributed by atoms with Crippen LogP contribution in [0.4, 0.5) is 0 Å². The van der Waals surface area contributed by atoms with Crippen LogP contribution in [0.15, 0.2) is 0 Å². The number of aliphatic hydroxyl groups excluding tert-OH is 4. The SMILES string of the molecule is CCCCCCCCCCCCCCCCCCCCC(=O)OC(COCCCCCCCCCCCCC)COC1OC(CO)C(O)C(O)C1O. The van der Waals surface area contributed by atoms with E-state index in [1.807, 2.05) is 0 Å². The molecule has 0 saturated carbocycles. The first-order valence-electron chi connectivity index (χ1n) is 22.1. The van der Waals surface area contributed by atoms with Gasteiger partial charge in [0.25, 0.3) is 0 Å². The molecule has 0 bridgehead atoms. The second-order valence-corrected chi connectivity index (χ2v) is 15.5. The molecular weight excluding hydrogens is 660 g/mol. The van der Waals surface area contributed by atoms with Gasteiger partial charge in [-0.1, -0.05) is 187 Å². The molecule has 1 aliphatic rings. The molecule has 0 aromatic carbocycles. The van der Waals surface area contributed by atoms with Crippen LogP contribution in [0.25, 0.3) is 0 Å². The van der Waals surface area contributed by atoms with Gasteiger partial charge in [-0.3, -0.25) is 4.79 Å². The van der Waals surface area contributed by atoms with Gasteiger partial charge >= 0.3 is 5.97 Å². The van der Waals surface area contributed by atoms with Crippen molar-refractivity contribution < 1.29 is 44.2 Å². The molecule has 1 fully saturated rings. The van der Waals surface area contributed by atoms with E-state index >= 15 is 0 Å². The largest absolute Gasteiger partial charge is 0.457 e. The molecule has 52 heavy (non-hydrogen) atoms. The summed E-state index contributed by atoms with van der Waals surface area (Å²) in [6.45, 7) is 4.59. The third-order valence-corrected chi connectivity index (χ3v) is 10.5. The molecule has 1 saturated heterocycles. The Balaban J connectivity index is 2.23. The quantitative estimate of drug-likeness (QED) is 0.0360. The number of esters is 1. The molecule has 0 radical (unpaired) electrons. The third-order valence-electron chi connectivity index (χ3n) is 10.5. The normalized spacial score (nSPS) is 21.1. The lowest BCUT2D eigenvalue weighted by Gasteiger charge is -2.39. The van der Waals surface area contributed by atoms with Crippen LogP contribution in [0, 0.1) is 0 Å². The number of carbonyl (C=O) groups excluding carboxylic acids is 1. The van der Waals surface area contributed by atoms with E-state index in [-0.39, 0.29) is 19.2 Å². The summed E-state index contributed by atoms with van der Waals surface area (Å²) in [5.41, 5.74) is 0. The highest BCUT2D eigenvalue weighted by Gasteiger charge is 2.44. The first-order chi connectivity index (χ1) is 25.4. The zero-order valence-corrected chi connectivity index (χ0v) is 33.8. The third kappa shape index (κ3) is 26.9. The smallest absolute Gasteiger partial charge is 0.306 e. The van der Waals surface area contributed by atoms with Crippen molar-refractivity contribution in [1.29, 1.82) is 0 Å². The summed E-state index contributed by atoms with van der Waals surface area (Å²) < 4.78 is 22.8. The van der Waals surface area contributed by atoms with Gasteiger partial charge < -0.3 is 39.4 Å². The molecule has 1 heterocycles. The van der Waals surface area contributed by atoms with Gasteiger partial charge in [-0.05, 0) is 12.8 Å². The molecule has 6 unspecified atom stereocenters. The van der Waals surface area contributed by atoms with E-state index in [1.165, 1.54) is 154 Å². The second kappa shape index (κ2) is 35.9. The minimum absolute atomic E-state index is 0.105. The Kier molecular flexibility index (Phi) is 33.9. The molecule has 4 N–H and O–H groups in total. The van der Waals surface area contributed by atoms with Crippen molar-refractivity contribution >= 4 is 5.97 Å². The highest BCUT2D eigenvalue weighted by Crippen LogP contribution is 2.23. The van der Waals surface area contributed by atoms with Crippen LogP contribution < -0.4 is 0 Å². The molecule has 9 nitrogen and oxygen atoms in total. The zero-order chi connectivity index (χ0) is 37.9. The lowest BCUT2D eigenvalue weighted by Crippen LogP contribution is -2.59. The fourth-order valence-corrected chi connectivity index (χ4v) is 7.02. The average molecular weight is 745 g/mol. The first kappa shape index (κ1) is 49.2. The average Bonchev–Trinajstić information content (AvgIpc) is 3.14. The highest BCUT2D eigenvalue weighted by molar-refractivity contribution is 5.69. The predicted molar refractivity (Wildman–Crippen MR) is 210 cm³/mol. The number of hydrogen-bond donors (Lipinski definition) is 4. The van der Waals surface area contributed by atoms with E-state index < -0.39 is 43.4 Å². The molecule has 0 aliphatic carbocycles. The van der Waals surface area contributed by atoms with Crippen LogP contribution in [-0.4, -0.2) is 89.6 Å². The Morgan fingerprint density at radius 1 is 0.538 bits per heavy atom.